The average Bonchev–Trinajstić information content (AvgIpc) is 3.30. The zero-order valence-corrected chi connectivity index (χ0v) is 24.1. The van der Waals surface area contributed by atoms with E-state index < -0.39 is 41.2 Å². The van der Waals surface area contributed by atoms with Gasteiger partial charge in [-0.15, -0.1) is 10.2 Å². The molecule has 2 amide bonds. The van der Waals surface area contributed by atoms with E-state index in [1.165, 1.54) is 24.8 Å². The molecule has 6 nitrogen and oxygen atoms in total. The molecular weight excluding hydrogens is 627 g/mol. The second kappa shape index (κ2) is 12.4. The summed E-state index contributed by atoms with van der Waals surface area (Å²) in [6.07, 6.45) is -10.1. The Morgan fingerprint density at radius 3 is 2.21 bits per heavy atom. The Bertz CT molecular complexity index is 1580. The Morgan fingerprint density at radius 1 is 0.952 bits per heavy atom. The number of carbonyl (C=O) groups is 1. The number of anilines is 1. The number of carbonyl (C=O) groups excluding carboxylic acids is 1. The smallest absolute Gasteiger partial charge is 0.328 e. The Kier molecular flexibility index (Phi) is 9.33. The maximum Gasteiger partial charge on any atom is 0.416 e. The lowest BCUT2D eigenvalue weighted by molar-refractivity contribution is -0.143. The van der Waals surface area contributed by atoms with Gasteiger partial charge in [0.05, 0.1) is 27.9 Å². The molecule has 3 aromatic carbocycles. The van der Waals surface area contributed by atoms with E-state index in [0.717, 1.165) is 11.1 Å². The molecule has 1 aromatic heterocycles. The molecule has 4 aromatic rings. The van der Waals surface area contributed by atoms with E-state index in [4.69, 9.17) is 23.2 Å². The number of thioether (sulfide) groups is 1. The molecule has 222 valence electrons. The first-order valence-electron chi connectivity index (χ1n) is 12.1. The molecule has 0 aliphatic rings. The number of urea groups is 1. The molecule has 0 radical (unpaired) electrons. The van der Waals surface area contributed by atoms with Gasteiger partial charge >= 0.3 is 18.4 Å². The molecule has 0 spiro atoms. The lowest BCUT2D eigenvalue weighted by atomic mass is 10.1. The molecular formula is C27H21Cl2F6N5OS. The van der Waals surface area contributed by atoms with E-state index in [1.807, 2.05) is 36.5 Å². The first-order valence-corrected chi connectivity index (χ1v) is 13.8. The molecule has 0 saturated carbocycles. The van der Waals surface area contributed by atoms with E-state index in [1.54, 1.807) is 16.7 Å². The SMILES string of the molecule is Cc1cccc(CSc2nnc(C(C)NC(=O)Nc3cc(C(F)(F)F)cc(C(F)(F)F)c3)n2-c2ccc(Cl)cc2Cl)c1. The van der Waals surface area contributed by atoms with Gasteiger partial charge in [0.15, 0.2) is 11.0 Å². The molecule has 15 heteroatoms. The van der Waals surface area contributed by atoms with Crippen molar-refractivity contribution in [2.45, 2.75) is 43.2 Å². The fourth-order valence-electron chi connectivity index (χ4n) is 3.95. The Morgan fingerprint density at radius 2 is 1.62 bits per heavy atom. The zero-order chi connectivity index (χ0) is 30.8. The van der Waals surface area contributed by atoms with Crippen LogP contribution >= 0.6 is 35.0 Å². The van der Waals surface area contributed by atoms with Crippen LogP contribution in [-0.4, -0.2) is 20.8 Å². The minimum absolute atomic E-state index is 0.0278. The number of aryl methyl sites for hydroxylation is 1. The molecule has 0 saturated heterocycles. The number of halogens is 8. The topological polar surface area (TPSA) is 71.8 Å². The van der Waals surface area contributed by atoms with Crippen LogP contribution in [0.3, 0.4) is 0 Å². The summed E-state index contributed by atoms with van der Waals surface area (Å²) in [6.45, 7) is 3.48. The average molecular weight is 648 g/mol. The molecule has 1 atom stereocenters. The van der Waals surface area contributed by atoms with Crippen LogP contribution in [0.5, 0.6) is 0 Å². The van der Waals surface area contributed by atoms with Crippen LogP contribution in [0.2, 0.25) is 10.0 Å². The van der Waals surface area contributed by atoms with Crippen molar-refractivity contribution >= 4 is 46.7 Å². The summed E-state index contributed by atoms with van der Waals surface area (Å²) in [5.41, 5.74) is -1.29. The van der Waals surface area contributed by atoms with Gasteiger partial charge in [0.1, 0.15) is 0 Å². The minimum Gasteiger partial charge on any atom is -0.328 e. The standard InChI is InChI=1S/C27H21Cl2F6N5OS/c1-14-4-3-5-16(8-14)13-42-25-39-38-23(40(25)22-7-6-19(28)12-21(22)29)15(2)36-24(41)37-20-10-17(26(30,31)32)9-18(11-20)27(33,34)35/h3-12,15H,13H2,1-2H3,(H2,36,37,41). The van der Waals surface area contributed by atoms with Crippen molar-refractivity contribution in [1.82, 2.24) is 20.1 Å². The molecule has 1 heterocycles. The highest BCUT2D eigenvalue weighted by Gasteiger charge is 2.37. The van der Waals surface area contributed by atoms with Gasteiger partial charge in [-0.05, 0) is 55.8 Å². The number of rotatable bonds is 7. The Hall–Kier alpha value is -3.42. The minimum atomic E-state index is -5.07. The molecule has 2 N–H and O–H groups in total. The quantitative estimate of drug-likeness (QED) is 0.155. The monoisotopic (exact) mass is 647 g/mol. The number of nitrogens with zero attached hydrogens (tertiary/aromatic N) is 3. The second-order valence-corrected chi connectivity index (χ2v) is 11.0. The van der Waals surface area contributed by atoms with Crippen LogP contribution in [0.1, 0.15) is 41.0 Å². The fraction of sp³-hybridized carbons (Fsp3) is 0.222. The van der Waals surface area contributed by atoms with Gasteiger partial charge < -0.3 is 10.6 Å². The van der Waals surface area contributed by atoms with Gasteiger partial charge in [-0.3, -0.25) is 4.57 Å². The van der Waals surface area contributed by atoms with Crippen molar-refractivity contribution in [2.24, 2.45) is 0 Å². The van der Waals surface area contributed by atoms with Crippen molar-refractivity contribution in [1.29, 1.82) is 0 Å². The molecule has 0 fully saturated rings. The van der Waals surface area contributed by atoms with Crippen molar-refractivity contribution in [2.75, 3.05) is 5.32 Å². The predicted molar refractivity (Wildman–Crippen MR) is 149 cm³/mol. The third-order valence-corrected chi connectivity index (χ3v) is 7.38. The van der Waals surface area contributed by atoms with Crippen molar-refractivity contribution < 1.29 is 31.1 Å². The first kappa shape index (κ1) is 31.5. The maximum absolute atomic E-state index is 13.2. The van der Waals surface area contributed by atoms with E-state index in [9.17, 15) is 31.1 Å². The number of amides is 2. The number of alkyl halides is 6. The summed E-state index contributed by atoms with van der Waals surface area (Å²) < 4.78 is 81.0. The molecule has 0 bridgehead atoms. The molecule has 0 aliphatic heterocycles. The van der Waals surface area contributed by atoms with Gasteiger partial charge in [0.25, 0.3) is 0 Å². The van der Waals surface area contributed by atoms with Gasteiger partial charge in [0.2, 0.25) is 0 Å². The van der Waals surface area contributed by atoms with Crippen LogP contribution in [0, 0.1) is 6.92 Å². The van der Waals surface area contributed by atoms with Gasteiger partial charge in [0, 0.05) is 16.5 Å². The summed E-state index contributed by atoms with van der Waals surface area (Å²) >= 11 is 13.9. The number of hydrogen-bond donors (Lipinski definition) is 2. The summed E-state index contributed by atoms with van der Waals surface area (Å²) in [6, 6.07) is 11.4. The Labute approximate surface area is 250 Å². The lowest BCUT2D eigenvalue weighted by Crippen LogP contribution is -2.32. The highest BCUT2D eigenvalue weighted by Crippen LogP contribution is 2.38. The highest BCUT2D eigenvalue weighted by atomic mass is 35.5. The Balaban J connectivity index is 1.62. The zero-order valence-electron chi connectivity index (χ0n) is 21.7. The number of benzene rings is 3. The summed E-state index contributed by atoms with van der Waals surface area (Å²) in [5, 5.41) is 14.0. The molecule has 1 unspecified atom stereocenters. The molecule has 42 heavy (non-hydrogen) atoms. The summed E-state index contributed by atoms with van der Waals surface area (Å²) in [4.78, 5) is 12.7. The van der Waals surface area contributed by atoms with Crippen molar-refractivity contribution in [3.05, 3.63) is 98.8 Å². The first-order chi connectivity index (χ1) is 19.6. The van der Waals surface area contributed by atoms with Crippen LogP contribution in [-0.2, 0) is 18.1 Å². The van der Waals surface area contributed by atoms with Crippen LogP contribution in [0.15, 0.2) is 65.8 Å². The molecule has 0 aliphatic carbocycles. The normalized spacial score (nSPS) is 12.7. The van der Waals surface area contributed by atoms with Gasteiger partial charge in [-0.2, -0.15) is 26.3 Å². The largest absolute Gasteiger partial charge is 0.416 e. The summed E-state index contributed by atoms with van der Waals surface area (Å²) in [5.74, 6) is 0.714. The number of nitrogens with one attached hydrogen (secondary N) is 2. The van der Waals surface area contributed by atoms with E-state index in [-0.39, 0.29) is 16.9 Å². The third-order valence-electron chi connectivity index (χ3n) is 5.84. The van der Waals surface area contributed by atoms with Crippen LogP contribution in [0.4, 0.5) is 36.8 Å². The van der Waals surface area contributed by atoms with Gasteiger partial charge in [-0.1, -0.05) is 64.8 Å². The third kappa shape index (κ3) is 7.69. The number of aromatic nitrogens is 3. The fourth-order valence-corrected chi connectivity index (χ4v) is 5.34. The van der Waals surface area contributed by atoms with Crippen molar-refractivity contribution in [3.63, 3.8) is 0 Å². The van der Waals surface area contributed by atoms with E-state index >= 15 is 0 Å². The van der Waals surface area contributed by atoms with Gasteiger partial charge in [-0.25, -0.2) is 4.79 Å². The van der Waals surface area contributed by atoms with Crippen molar-refractivity contribution in [3.8, 4) is 5.69 Å². The van der Waals surface area contributed by atoms with Crippen LogP contribution < -0.4 is 10.6 Å². The highest BCUT2D eigenvalue weighted by molar-refractivity contribution is 7.98. The molecule has 4 rings (SSSR count). The van der Waals surface area contributed by atoms with E-state index in [2.05, 4.69) is 15.5 Å². The maximum atomic E-state index is 13.2. The predicted octanol–water partition coefficient (Wildman–Crippen LogP) is 9.10. The summed E-state index contributed by atoms with van der Waals surface area (Å²) in [7, 11) is 0. The second-order valence-electron chi connectivity index (χ2n) is 9.16. The van der Waals surface area contributed by atoms with E-state index in [0.29, 0.717) is 33.8 Å². The van der Waals surface area contributed by atoms with Crippen LogP contribution in [0.25, 0.3) is 5.69 Å². The number of hydrogen-bond acceptors (Lipinski definition) is 4. The lowest BCUT2D eigenvalue weighted by Gasteiger charge is -2.18.